The minimum absolute atomic E-state index is 0.148. The number of rotatable bonds is 21. The largest absolute Gasteiger partial charge is 0.472 e. The summed E-state index contributed by atoms with van der Waals surface area (Å²) in [7, 11) is -4.56. The summed E-state index contributed by atoms with van der Waals surface area (Å²) in [6.45, 7) is 3.24. The molecule has 0 spiro atoms. The van der Waals surface area contributed by atoms with Crippen LogP contribution in [0.4, 0.5) is 5.69 Å². The smallest absolute Gasteiger partial charge is 0.387 e. The number of aliphatic hydroxyl groups excluding tert-OH is 1. The average molecular weight is 529 g/mol. The van der Waals surface area contributed by atoms with E-state index in [1.807, 2.05) is 6.08 Å². The summed E-state index contributed by atoms with van der Waals surface area (Å²) in [5.41, 5.74) is 5.80. The van der Waals surface area contributed by atoms with Gasteiger partial charge in [-0.25, -0.2) is 4.57 Å². The summed E-state index contributed by atoms with van der Waals surface area (Å²) in [6.07, 6.45) is 16.2. The van der Waals surface area contributed by atoms with Gasteiger partial charge in [0.25, 0.3) is 5.69 Å². The molecule has 0 radical (unpaired) electrons. The first-order chi connectivity index (χ1) is 17.2. The van der Waals surface area contributed by atoms with Gasteiger partial charge in [0.2, 0.25) is 0 Å². The molecule has 4 N–H and O–H groups in total. The fourth-order valence-corrected chi connectivity index (χ4v) is 4.80. The minimum Gasteiger partial charge on any atom is -0.387 e. The van der Waals surface area contributed by atoms with E-state index in [0.717, 1.165) is 19.3 Å². The minimum atomic E-state index is -4.56. The molecule has 0 saturated heterocycles. The predicted octanol–water partition coefficient (Wildman–Crippen LogP) is 6.73. The van der Waals surface area contributed by atoms with E-state index in [-0.39, 0.29) is 11.3 Å². The molecule has 1 aromatic rings. The number of nitro groups is 1. The number of hydrogen-bond donors (Lipinski definition) is 3. The fraction of sp³-hybridized carbons (Fsp3) is 0.692. The number of allylic oxidation sites excluding steroid dienone is 1. The molecule has 0 aliphatic rings. The number of hydrogen-bond acceptors (Lipinski definition) is 7. The van der Waals surface area contributed by atoms with Crippen LogP contribution in [0.3, 0.4) is 0 Å². The fourth-order valence-electron chi connectivity index (χ4n) is 3.87. The second-order valence-electron chi connectivity index (χ2n) is 9.23. The van der Waals surface area contributed by atoms with Crippen molar-refractivity contribution in [3.8, 4) is 0 Å². The molecule has 0 bridgehead atoms. The standard InChI is InChI=1S/C26H45N2O7P/c1-3-4-5-6-7-8-9-10-11-12-13-14-15-20-26(29)24(27)21-34-36(32,33)35-22(2)23-18-16-17-19-25(23)28(30)31/h15-20,22,24,26,29H,3-14,21,27H2,1-2H3,(H,32,33)/b20-15+/t22?,24-,26+/m0/s1. The first kappa shape index (κ1) is 32.4. The van der Waals surface area contributed by atoms with Gasteiger partial charge < -0.3 is 15.7 Å². The molecule has 0 aliphatic heterocycles. The molecule has 0 aliphatic carbocycles. The number of aliphatic hydroxyl groups is 1. The summed E-state index contributed by atoms with van der Waals surface area (Å²) >= 11 is 0. The topological polar surface area (TPSA) is 145 Å². The van der Waals surface area contributed by atoms with E-state index >= 15 is 0 Å². The number of para-hydroxylation sites is 1. The van der Waals surface area contributed by atoms with Crippen LogP contribution in [0.25, 0.3) is 0 Å². The van der Waals surface area contributed by atoms with Gasteiger partial charge in [0.05, 0.1) is 35.3 Å². The lowest BCUT2D eigenvalue weighted by Crippen LogP contribution is -2.37. The SMILES string of the molecule is CCCCCCCCCCCCC/C=C/[C@@H](O)[C@@H](N)COP(=O)(O)OC(C)c1ccccc1[N+](=O)[O-]. The second-order valence-corrected chi connectivity index (χ2v) is 10.6. The van der Waals surface area contributed by atoms with Gasteiger partial charge in [0.15, 0.2) is 0 Å². The highest BCUT2D eigenvalue weighted by Crippen LogP contribution is 2.48. The van der Waals surface area contributed by atoms with Gasteiger partial charge in [0.1, 0.15) is 0 Å². The molecule has 36 heavy (non-hydrogen) atoms. The summed E-state index contributed by atoms with van der Waals surface area (Å²) in [5.74, 6) is 0. The van der Waals surface area contributed by atoms with Gasteiger partial charge in [-0.3, -0.25) is 19.2 Å². The van der Waals surface area contributed by atoms with Crippen LogP contribution in [0.15, 0.2) is 36.4 Å². The summed E-state index contributed by atoms with van der Waals surface area (Å²) < 4.78 is 22.3. The number of phosphoric ester groups is 1. The Morgan fingerprint density at radius 1 is 1.06 bits per heavy atom. The lowest BCUT2D eigenvalue weighted by Gasteiger charge is -2.20. The van der Waals surface area contributed by atoms with Crippen molar-refractivity contribution in [3.63, 3.8) is 0 Å². The quantitative estimate of drug-likeness (QED) is 0.0523. The van der Waals surface area contributed by atoms with Crippen molar-refractivity contribution in [1.29, 1.82) is 0 Å². The van der Waals surface area contributed by atoms with Crippen molar-refractivity contribution in [3.05, 3.63) is 52.1 Å². The van der Waals surface area contributed by atoms with Crippen molar-refractivity contribution in [2.75, 3.05) is 6.61 Å². The number of nitrogens with two attached hydrogens (primary N) is 1. The molecule has 1 rings (SSSR count). The monoisotopic (exact) mass is 528 g/mol. The van der Waals surface area contributed by atoms with E-state index in [0.29, 0.717) is 0 Å². The van der Waals surface area contributed by atoms with Gasteiger partial charge in [-0.05, 0) is 25.8 Å². The lowest BCUT2D eigenvalue weighted by atomic mass is 10.0. The van der Waals surface area contributed by atoms with E-state index in [1.165, 1.54) is 82.9 Å². The first-order valence-electron chi connectivity index (χ1n) is 13.2. The van der Waals surface area contributed by atoms with Crippen LogP contribution in [0, 0.1) is 10.1 Å². The van der Waals surface area contributed by atoms with Crippen molar-refractivity contribution in [2.24, 2.45) is 5.73 Å². The van der Waals surface area contributed by atoms with Gasteiger partial charge >= 0.3 is 7.82 Å². The van der Waals surface area contributed by atoms with Gasteiger partial charge in [-0.2, -0.15) is 0 Å². The molecule has 1 aromatic carbocycles. The van der Waals surface area contributed by atoms with Crippen molar-refractivity contribution >= 4 is 13.5 Å². The molecular formula is C26H45N2O7P. The van der Waals surface area contributed by atoms with Crippen molar-refractivity contribution in [2.45, 2.75) is 109 Å². The molecule has 2 unspecified atom stereocenters. The lowest BCUT2D eigenvalue weighted by molar-refractivity contribution is -0.386. The highest BCUT2D eigenvalue weighted by atomic mass is 31.2. The Bertz CT molecular complexity index is 821. The Labute approximate surface area is 215 Å². The van der Waals surface area contributed by atoms with Crippen LogP contribution < -0.4 is 5.73 Å². The maximum absolute atomic E-state index is 12.3. The van der Waals surface area contributed by atoms with E-state index in [1.54, 1.807) is 12.1 Å². The third-order valence-corrected chi connectivity index (χ3v) is 7.10. The van der Waals surface area contributed by atoms with Crippen LogP contribution in [0.5, 0.6) is 0 Å². The molecule has 0 amide bonds. The number of phosphoric acid groups is 1. The second kappa shape index (κ2) is 18.6. The maximum Gasteiger partial charge on any atom is 0.472 e. The zero-order chi connectivity index (χ0) is 26.8. The maximum atomic E-state index is 12.3. The Hall–Kier alpha value is -1.61. The third-order valence-electron chi connectivity index (χ3n) is 6.04. The molecule has 206 valence electrons. The summed E-state index contributed by atoms with van der Waals surface area (Å²) in [6, 6.07) is 4.87. The Kier molecular flexibility index (Phi) is 16.8. The van der Waals surface area contributed by atoms with E-state index in [9.17, 15) is 24.7 Å². The molecule has 9 nitrogen and oxygen atoms in total. The number of unbranched alkanes of at least 4 members (excludes halogenated alkanes) is 11. The molecule has 0 heterocycles. The predicted molar refractivity (Wildman–Crippen MR) is 143 cm³/mol. The van der Waals surface area contributed by atoms with Crippen LogP contribution in [-0.2, 0) is 13.6 Å². The van der Waals surface area contributed by atoms with Crippen LogP contribution in [0.1, 0.15) is 103 Å². The highest BCUT2D eigenvalue weighted by molar-refractivity contribution is 7.47. The van der Waals surface area contributed by atoms with Crippen molar-refractivity contribution in [1.82, 2.24) is 0 Å². The molecular weight excluding hydrogens is 483 g/mol. The Balaban J connectivity index is 2.24. The van der Waals surface area contributed by atoms with Crippen LogP contribution >= 0.6 is 7.82 Å². The zero-order valence-corrected chi connectivity index (χ0v) is 22.7. The van der Waals surface area contributed by atoms with Crippen LogP contribution in [0.2, 0.25) is 0 Å². The Morgan fingerprint density at radius 2 is 1.61 bits per heavy atom. The first-order valence-corrected chi connectivity index (χ1v) is 14.7. The number of benzene rings is 1. The third kappa shape index (κ3) is 14.2. The molecule has 0 aromatic heterocycles. The van der Waals surface area contributed by atoms with E-state index in [4.69, 9.17) is 14.8 Å². The molecule has 4 atom stereocenters. The Morgan fingerprint density at radius 3 is 2.19 bits per heavy atom. The van der Waals surface area contributed by atoms with Gasteiger partial charge in [-0.15, -0.1) is 0 Å². The van der Waals surface area contributed by atoms with Crippen molar-refractivity contribution < 1.29 is 28.5 Å². The zero-order valence-electron chi connectivity index (χ0n) is 21.8. The van der Waals surface area contributed by atoms with E-state index < -0.39 is 37.6 Å². The van der Waals surface area contributed by atoms with Crippen LogP contribution in [-0.4, -0.2) is 33.7 Å². The highest BCUT2D eigenvalue weighted by Gasteiger charge is 2.30. The van der Waals surface area contributed by atoms with E-state index in [2.05, 4.69) is 6.92 Å². The summed E-state index contributed by atoms with van der Waals surface area (Å²) in [4.78, 5) is 20.6. The molecule has 0 saturated carbocycles. The number of nitrogens with zero attached hydrogens (tertiary/aromatic N) is 1. The molecule has 10 heteroatoms. The van der Waals surface area contributed by atoms with Gasteiger partial charge in [-0.1, -0.05) is 95.4 Å². The summed E-state index contributed by atoms with van der Waals surface area (Å²) in [5, 5.41) is 21.3. The number of nitro benzene ring substituents is 1. The average Bonchev–Trinajstić information content (AvgIpc) is 2.84. The molecule has 0 fully saturated rings. The van der Waals surface area contributed by atoms with Gasteiger partial charge in [0, 0.05) is 6.07 Å². The normalized spacial score (nSPS) is 16.0.